The predicted octanol–water partition coefficient (Wildman–Crippen LogP) is 1.36. The van der Waals surface area contributed by atoms with Gasteiger partial charge in [-0.3, -0.25) is 4.79 Å². The van der Waals surface area contributed by atoms with E-state index in [0.717, 1.165) is 11.1 Å². The second-order valence-corrected chi connectivity index (χ2v) is 6.61. The number of piperazine rings is 1. The van der Waals surface area contributed by atoms with Gasteiger partial charge in [0.1, 0.15) is 5.75 Å². The van der Waals surface area contributed by atoms with Crippen LogP contribution in [0.15, 0.2) is 36.7 Å². The van der Waals surface area contributed by atoms with Crippen molar-refractivity contribution in [2.24, 2.45) is 0 Å². The van der Waals surface area contributed by atoms with Gasteiger partial charge in [0.25, 0.3) is 5.91 Å². The fourth-order valence-electron chi connectivity index (χ4n) is 2.83. The maximum absolute atomic E-state index is 12.3. The second kappa shape index (κ2) is 9.16. The lowest BCUT2D eigenvalue weighted by Crippen LogP contribution is -2.50. The summed E-state index contributed by atoms with van der Waals surface area (Å²) in [6.45, 7) is 5.82. The SMILES string of the molecule is Cc1ccc(OCC(=O)OCC(=O)N2CCN(c3ncccn3)CC2)cc1C. The van der Waals surface area contributed by atoms with Crippen molar-refractivity contribution < 1.29 is 19.1 Å². The Morgan fingerprint density at radius 3 is 2.39 bits per heavy atom. The summed E-state index contributed by atoms with van der Waals surface area (Å²) in [6.07, 6.45) is 3.39. The van der Waals surface area contributed by atoms with Crippen molar-refractivity contribution in [1.82, 2.24) is 14.9 Å². The molecule has 0 spiro atoms. The zero-order valence-corrected chi connectivity index (χ0v) is 16.1. The zero-order valence-electron chi connectivity index (χ0n) is 16.1. The van der Waals surface area contributed by atoms with E-state index in [-0.39, 0.29) is 19.1 Å². The first-order valence-electron chi connectivity index (χ1n) is 9.18. The highest BCUT2D eigenvalue weighted by Gasteiger charge is 2.23. The van der Waals surface area contributed by atoms with Gasteiger partial charge in [-0.15, -0.1) is 0 Å². The molecule has 1 aliphatic rings. The first kappa shape index (κ1) is 19.6. The number of hydrogen-bond acceptors (Lipinski definition) is 7. The predicted molar refractivity (Wildman–Crippen MR) is 103 cm³/mol. The second-order valence-electron chi connectivity index (χ2n) is 6.61. The molecule has 1 fully saturated rings. The van der Waals surface area contributed by atoms with E-state index in [0.29, 0.717) is 37.9 Å². The van der Waals surface area contributed by atoms with Crippen LogP contribution >= 0.6 is 0 Å². The molecule has 8 nitrogen and oxygen atoms in total. The van der Waals surface area contributed by atoms with E-state index in [1.165, 1.54) is 0 Å². The molecule has 0 aliphatic carbocycles. The number of anilines is 1. The van der Waals surface area contributed by atoms with E-state index in [1.54, 1.807) is 29.4 Å². The molecule has 1 aliphatic heterocycles. The van der Waals surface area contributed by atoms with Gasteiger partial charge >= 0.3 is 5.97 Å². The van der Waals surface area contributed by atoms with Gasteiger partial charge in [-0.2, -0.15) is 0 Å². The van der Waals surface area contributed by atoms with Crippen molar-refractivity contribution >= 4 is 17.8 Å². The van der Waals surface area contributed by atoms with E-state index in [4.69, 9.17) is 9.47 Å². The molecule has 0 atom stereocenters. The molecule has 1 aromatic carbocycles. The van der Waals surface area contributed by atoms with Crippen molar-refractivity contribution in [1.29, 1.82) is 0 Å². The maximum atomic E-state index is 12.3. The fourth-order valence-corrected chi connectivity index (χ4v) is 2.83. The minimum Gasteiger partial charge on any atom is -0.482 e. The summed E-state index contributed by atoms with van der Waals surface area (Å²) in [6, 6.07) is 7.36. The van der Waals surface area contributed by atoms with Gasteiger partial charge in [-0.1, -0.05) is 6.07 Å². The number of aromatic nitrogens is 2. The lowest BCUT2D eigenvalue weighted by atomic mass is 10.1. The number of amides is 1. The average Bonchev–Trinajstić information content (AvgIpc) is 2.73. The molecule has 1 amide bonds. The Kier molecular flexibility index (Phi) is 6.41. The Morgan fingerprint density at radius 2 is 1.71 bits per heavy atom. The van der Waals surface area contributed by atoms with Crippen molar-refractivity contribution in [3.8, 4) is 5.75 Å². The van der Waals surface area contributed by atoms with E-state index in [9.17, 15) is 9.59 Å². The van der Waals surface area contributed by atoms with Gasteiger partial charge in [-0.25, -0.2) is 14.8 Å². The van der Waals surface area contributed by atoms with Crippen LogP contribution in [0.4, 0.5) is 5.95 Å². The van der Waals surface area contributed by atoms with Crippen LogP contribution < -0.4 is 9.64 Å². The number of esters is 1. The van der Waals surface area contributed by atoms with Crippen LogP contribution in [-0.4, -0.2) is 66.1 Å². The average molecular weight is 384 g/mol. The molecule has 1 aromatic heterocycles. The number of nitrogens with zero attached hydrogens (tertiary/aromatic N) is 4. The summed E-state index contributed by atoms with van der Waals surface area (Å²) in [7, 11) is 0. The van der Waals surface area contributed by atoms with Crippen LogP contribution in [0, 0.1) is 13.8 Å². The summed E-state index contributed by atoms with van der Waals surface area (Å²) in [4.78, 5) is 36.2. The van der Waals surface area contributed by atoms with Gasteiger partial charge in [-0.05, 0) is 43.2 Å². The molecular formula is C20H24N4O4. The summed E-state index contributed by atoms with van der Waals surface area (Å²) >= 11 is 0. The highest BCUT2D eigenvalue weighted by Crippen LogP contribution is 2.16. The standard InChI is InChI=1S/C20H24N4O4/c1-15-4-5-17(12-16(15)2)27-14-19(26)28-13-18(25)23-8-10-24(11-9-23)20-21-6-3-7-22-20/h3-7,12H,8-11,13-14H2,1-2H3. The largest absolute Gasteiger partial charge is 0.482 e. The Bertz CT molecular complexity index is 820. The quantitative estimate of drug-likeness (QED) is 0.695. The molecule has 3 rings (SSSR count). The lowest BCUT2D eigenvalue weighted by molar-refractivity contribution is -0.153. The van der Waals surface area contributed by atoms with Gasteiger partial charge in [0.2, 0.25) is 5.95 Å². The van der Waals surface area contributed by atoms with Crippen LogP contribution in [0.25, 0.3) is 0 Å². The van der Waals surface area contributed by atoms with Crippen molar-refractivity contribution in [2.45, 2.75) is 13.8 Å². The number of aryl methyl sites for hydroxylation is 2. The highest BCUT2D eigenvalue weighted by molar-refractivity contribution is 5.81. The van der Waals surface area contributed by atoms with Crippen LogP contribution in [-0.2, 0) is 14.3 Å². The topological polar surface area (TPSA) is 84.9 Å². The van der Waals surface area contributed by atoms with E-state index >= 15 is 0 Å². The third-order valence-electron chi connectivity index (χ3n) is 4.66. The molecule has 8 heteroatoms. The summed E-state index contributed by atoms with van der Waals surface area (Å²) < 4.78 is 10.5. The Hall–Kier alpha value is -3.16. The number of carbonyl (C=O) groups is 2. The van der Waals surface area contributed by atoms with E-state index in [1.807, 2.05) is 30.9 Å². The van der Waals surface area contributed by atoms with Crippen LogP contribution in [0.3, 0.4) is 0 Å². The molecule has 0 N–H and O–H groups in total. The van der Waals surface area contributed by atoms with Gasteiger partial charge in [0.15, 0.2) is 13.2 Å². The number of benzene rings is 1. The van der Waals surface area contributed by atoms with Crippen LogP contribution in [0.5, 0.6) is 5.75 Å². The summed E-state index contributed by atoms with van der Waals surface area (Å²) in [5.74, 6) is 0.478. The smallest absolute Gasteiger partial charge is 0.344 e. The van der Waals surface area contributed by atoms with Crippen molar-refractivity contribution in [3.63, 3.8) is 0 Å². The number of hydrogen-bond donors (Lipinski definition) is 0. The highest BCUT2D eigenvalue weighted by atomic mass is 16.6. The first-order valence-corrected chi connectivity index (χ1v) is 9.18. The molecule has 0 bridgehead atoms. The summed E-state index contributed by atoms with van der Waals surface area (Å²) in [5.41, 5.74) is 2.24. The Labute approximate surface area is 164 Å². The first-order chi connectivity index (χ1) is 13.5. The van der Waals surface area contributed by atoms with Crippen LogP contribution in [0.2, 0.25) is 0 Å². The molecule has 2 heterocycles. The maximum Gasteiger partial charge on any atom is 0.344 e. The van der Waals surface area contributed by atoms with Gasteiger partial charge in [0.05, 0.1) is 0 Å². The third-order valence-corrected chi connectivity index (χ3v) is 4.66. The number of ether oxygens (including phenoxy) is 2. The Balaban J connectivity index is 1.38. The zero-order chi connectivity index (χ0) is 19.9. The minimum atomic E-state index is -0.567. The molecule has 0 radical (unpaired) electrons. The number of rotatable bonds is 6. The third kappa shape index (κ3) is 5.18. The van der Waals surface area contributed by atoms with Crippen molar-refractivity contribution in [3.05, 3.63) is 47.8 Å². The van der Waals surface area contributed by atoms with Crippen LogP contribution in [0.1, 0.15) is 11.1 Å². The molecular weight excluding hydrogens is 360 g/mol. The molecule has 1 saturated heterocycles. The molecule has 28 heavy (non-hydrogen) atoms. The lowest BCUT2D eigenvalue weighted by Gasteiger charge is -2.34. The monoisotopic (exact) mass is 384 g/mol. The normalized spacial score (nSPS) is 13.9. The number of carbonyl (C=O) groups excluding carboxylic acids is 2. The minimum absolute atomic E-state index is 0.215. The van der Waals surface area contributed by atoms with E-state index in [2.05, 4.69) is 9.97 Å². The molecule has 148 valence electrons. The molecule has 0 unspecified atom stereocenters. The van der Waals surface area contributed by atoms with E-state index < -0.39 is 5.97 Å². The molecule has 0 saturated carbocycles. The van der Waals surface area contributed by atoms with Gasteiger partial charge < -0.3 is 19.3 Å². The molecule has 2 aromatic rings. The fraction of sp³-hybridized carbons (Fsp3) is 0.400. The Morgan fingerprint density at radius 1 is 1.00 bits per heavy atom. The van der Waals surface area contributed by atoms with Gasteiger partial charge in [0, 0.05) is 38.6 Å². The van der Waals surface area contributed by atoms with Crippen molar-refractivity contribution in [2.75, 3.05) is 44.3 Å². The summed E-state index contributed by atoms with van der Waals surface area (Å²) in [5, 5.41) is 0.